The van der Waals surface area contributed by atoms with E-state index in [0.29, 0.717) is 30.9 Å². The Morgan fingerprint density at radius 1 is 0.958 bits per heavy atom. The molecule has 2 aromatic carbocycles. The Bertz CT molecular complexity index is 691. The van der Waals surface area contributed by atoms with E-state index in [2.05, 4.69) is 0 Å². The quantitative estimate of drug-likeness (QED) is 0.845. The van der Waals surface area contributed by atoms with Gasteiger partial charge in [0, 0.05) is 5.56 Å². The number of hydrogen-bond acceptors (Lipinski definition) is 1. The normalized spacial score (nSPS) is 16.4. The summed E-state index contributed by atoms with van der Waals surface area (Å²) in [5.41, 5.74) is 0.666. The molecule has 1 aliphatic rings. The van der Waals surface area contributed by atoms with Gasteiger partial charge in [0.05, 0.1) is 37.4 Å². The van der Waals surface area contributed by atoms with E-state index in [-0.39, 0.29) is 5.82 Å². The molecule has 0 saturated carbocycles. The molecule has 24 heavy (non-hydrogen) atoms. The van der Waals surface area contributed by atoms with Gasteiger partial charge < -0.3 is 9.80 Å². The summed E-state index contributed by atoms with van der Waals surface area (Å²) in [6.07, 6.45) is -4.31. The van der Waals surface area contributed by atoms with Crippen LogP contribution in [0, 0.1) is 5.82 Å². The van der Waals surface area contributed by atoms with Crippen LogP contribution in [-0.2, 0) is 12.7 Å². The molecule has 1 N–H and O–H groups in total. The number of benzene rings is 2. The van der Waals surface area contributed by atoms with Crippen molar-refractivity contribution < 1.29 is 22.5 Å². The van der Waals surface area contributed by atoms with Gasteiger partial charge in [0.2, 0.25) is 0 Å². The molecule has 1 heterocycles. The number of rotatable bonds is 3. The number of halogens is 4. The summed E-state index contributed by atoms with van der Waals surface area (Å²) >= 11 is 0. The van der Waals surface area contributed by atoms with Crippen LogP contribution in [0.15, 0.2) is 48.5 Å². The molecule has 2 aromatic rings. The van der Waals surface area contributed by atoms with Gasteiger partial charge in [0.15, 0.2) is 0 Å². The first kappa shape index (κ1) is 16.8. The van der Waals surface area contributed by atoms with Crippen LogP contribution in [0.4, 0.5) is 23.2 Å². The molecule has 1 aliphatic heterocycles. The largest absolute Gasteiger partial charge is 0.416 e. The van der Waals surface area contributed by atoms with Crippen molar-refractivity contribution in [2.24, 2.45) is 0 Å². The zero-order chi connectivity index (χ0) is 17.2. The number of nitrogens with one attached hydrogen (secondary N) is 1. The maximum atomic E-state index is 13.8. The smallest absolute Gasteiger partial charge is 0.358 e. The summed E-state index contributed by atoms with van der Waals surface area (Å²) < 4.78 is 52.1. The van der Waals surface area contributed by atoms with E-state index in [9.17, 15) is 17.6 Å². The fourth-order valence-corrected chi connectivity index (χ4v) is 3.10. The van der Waals surface area contributed by atoms with E-state index >= 15 is 0 Å². The van der Waals surface area contributed by atoms with E-state index in [1.807, 2.05) is 4.90 Å². The third-order valence-electron chi connectivity index (χ3n) is 4.37. The highest BCUT2D eigenvalue weighted by atomic mass is 19.4. The third kappa shape index (κ3) is 3.87. The lowest BCUT2D eigenvalue weighted by atomic mass is 10.1. The lowest BCUT2D eigenvalue weighted by Gasteiger charge is -2.33. The second-order valence-corrected chi connectivity index (χ2v) is 6.06. The highest BCUT2D eigenvalue weighted by molar-refractivity contribution is 5.47. The predicted molar refractivity (Wildman–Crippen MR) is 84.5 cm³/mol. The van der Waals surface area contributed by atoms with Crippen molar-refractivity contribution in [3.8, 4) is 0 Å². The fraction of sp³-hybridized carbons (Fsp3) is 0.333. The molecule has 2 nitrogen and oxygen atoms in total. The minimum Gasteiger partial charge on any atom is -0.358 e. The molecule has 0 amide bonds. The van der Waals surface area contributed by atoms with Crippen LogP contribution in [0.5, 0.6) is 0 Å². The van der Waals surface area contributed by atoms with E-state index in [1.54, 1.807) is 24.3 Å². The van der Waals surface area contributed by atoms with Crippen LogP contribution in [-0.4, -0.2) is 26.2 Å². The Morgan fingerprint density at radius 2 is 1.67 bits per heavy atom. The van der Waals surface area contributed by atoms with Crippen LogP contribution in [0.1, 0.15) is 11.1 Å². The average Bonchev–Trinajstić information content (AvgIpc) is 2.56. The van der Waals surface area contributed by atoms with Crippen molar-refractivity contribution in [2.45, 2.75) is 12.7 Å². The number of nitrogens with zero attached hydrogens (tertiary/aromatic N) is 1. The van der Waals surface area contributed by atoms with Crippen molar-refractivity contribution in [3.05, 3.63) is 65.5 Å². The average molecular weight is 339 g/mol. The van der Waals surface area contributed by atoms with Crippen LogP contribution < -0.4 is 9.80 Å². The first-order valence-corrected chi connectivity index (χ1v) is 7.92. The van der Waals surface area contributed by atoms with E-state index < -0.39 is 11.7 Å². The number of anilines is 1. The first-order chi connectivity index (χ1) is 11.4. The summed E-state index contributed by atoms with van der Waals surface area (Å²) in [5.74, 6) is -0.237. The zero-order valence-corrected chi connectivity index (χ0v) is 13.1. The molecule has 6 heteroatoms. The number of hydrogen-bond donors (Lipinski definition) is 1. The first-order valence-electron chi connectivity index (χ1n) is 7.92. The monoisotopic (exact) mass is 339 g/mol. The lowest BCUT2D eigenvalue weighted by molar-refractivity contribution is -0.914. The number of quaternary nitrogens is 1. The Hall–Kier alpha value is -2.08. The SMILES string of the molecule is Fc1ccccc1N1CC[NH+](Cc2cccc(C(F)(F)F)c2)CC1. The molecule has 128 valence electrons. The van der Waals surface area contributed by atoms with E-state index in [4.69, 9.17) is 0 Å². The van der Waals surface area contributed by atoms with Crippen molar-refractivity contribution in [2.75, 3.05) is 31.1 Å². The van der Waals surface area contributed by atoms with E-state index in [0.717, 1.165) is 19.2 Å². The third-order valence-corrected chi connectivity index (χ3v) is 4.37. The van der Waals surface area contributed by atoms with Gasteiger partial charge in [0.1, 0.15) is 12.4 Å². The molecule has 0 spiro atoms. The van der Waals surface area contributed by atoms with Gasteiger partial charge in [0.25, 0.3) is 0 Å². The fourth-order valence-electron chi connectivity index (χ4n) is 3.10. The zero-order valence-electron chi connectivity index (χ0n) is 13.1. The molecule has 1 fully saturated rings. The summed E-state index contributed by atoms with van der Waals surface area (Å²) in [6, 6.07) is 12.2. The van der Waals surface area contributed by atoms with Crippen molar-refractivity contribution in [1.29, 1.82) is 0 Å². The highest BCUT2D eigenvalue weighted by Gasteiger charge is 2.31. The van der Waals surface area contributed by atoms with Gasteiger partial charge in [-0.3, -0.25) is 0 Å². The van der Waals surface area contributed by atoms with Gasteiger partial charge in [-0.05, 0) is 24.3 Å². The summed E-state index contributed by atoms with van der Waals surface area (Å²) in [6.45, 7) is 3.47. The van der Waals surface area contributed by atoms with Crippen LogP contribution >= 0.6 is 0 Å². The molecular weight excluding hydrogens is 320 g/mol. The van der Waals surface area contributed by atoms with E-state index in [1.165, 1.54) is 23.1 Å². The van der Waals surface area contributed by atoms with Crippen molar-refractivity contribution in [3.63, 3.8) is 0 Å². The Kier molecular flexibility index (Phi) is 4.76. The lowest BCUT2D eigenvalue weighted by Crippen LogP contribution is -3.13. The molecule has 0 atom stereocenters. The van der Waals surface area contributed by atoms with Gasteiger partial charge in [-0.15, -0.1) is 0 Å². The number of para-hydroxylation sites is 1. The van der Waals surface area contributed by atoms with Gasteiger partial charge in [-0.1, -0.05) is 24.3 Å². The maximum absolute atomic E-state index is 13.8. The van der Waals surface area contributed by atoms with Crippen LogP contribution in [0.2, 0.25) is 0 Å². The topological polar surface area (TPSA) is 7.68 Å². The van der Waals surface area contributed by atoms with Gasteiger partial charge >= 0.3 is 6.18 Å². The summed E-state index contributed by atoms with van der Waals surface area (Å²) in [5, 5.41) is 0. The highest BCUT2D eigenvalue weighted by Crippen LogP contribution is 2.29. The van der Waals surface area contributed by atoms with Gasteiger partial charge in [-0.2, -0.15) is 13.2 Å². The standard InChI is InChI=1S/C18H18F4N2/c19-16-6-1-2-7-17(16)24-10-8-23(9-11-24)13-14-4-3-5-15(12-14)18(20,21)22/h1-7,12H,8-11,13H2/p+1. The minimum absolute atomic E-state index is 0.237. The Labute approximate surface area is 138 Å². The molecule has 1 saturated heterocycles. The second-order valence-electron chi connectivity index (χ2n) is 6.06. The summed E-state index contributed by atoms with van der Waals surface area (Å²) in [4.78, 5) is 3.20. The Balaban J connectivity index is 1.61. The number of alkyl halides is 3. The molecule has 0 radical (unpaired) electrons. The van der Waals surface area contributed by atoms with Crippen LogP contribution in [0.3, 0.4) is 0 Å². The molecule has 0 aliphatic carbocycles. The minimum atomic E-state index is -4.31. The summed E-state index contributed by atoms with van der Waals surface area (Å²) in [7, 11) is 0. The van der Waals surface area contributed by atoms with Crippen LogP contribution in [0.25, 0.3) is 0 Å². The molecule has 0 unspecified atom stereocenters. The predicted octanol–water partition coefficient (Wildman–Crippen LogP) is 2.75. The van der Waals surface area contributed by atoms with Crippen molar-refractivity contribution in [1.82, 2.24) is 0 Å². The molecule has 0 aromatic heterocycles. The van der Waals surface area contributed by atoms with Gasteiger partial charge in [-0.25, -0.2) is 4.39 Å². The maximum Gasteiger partial charge on any atom is 0.416 e. The molecule has 0 bridgehead atoms. The van der Waals surface area contributed by atoms with Crippen molar-refractivity contribution >= 4 is 5.69 Å². The molecule has 3 rings (SSSR count). The number of piperazine rings is 1. The molecular formula is C18H19F4N2+. The second kappa shape index (κ2) is 6.81. The Morgan fingerprint density at radius 3 is 2.33 bits per heavy atom.